The zero-order valence-electron chi connectivity index (χ0n) is 9.59. The van der Waals surface area contributed by atoms with Gasteiger partial charge in [-0.1, -0.05) is 0 Å². The first-order valence-electron chi connectivity index (χ1n) is 5.73. The molecule has 92 valence electrons. The first-order valence-corrected chi connectivity index (χ1v) is 5.73. The quantitative estimate of drug-likeness (QED) is 0.788. The van der Waals surface area contributed by atoms with Crippen molar-refractivity contribution in [3.63, 3.8) is 0 Å². The Balaban J connectivity index is 1.98. The van der Waals surface area contributed by atoms with Crippen LogP contribution in [0.1, 0.15) is 28.9 Å². The van der Waals surface area contributed by atoms with Crippen molar-refractivity contribution in [3.05, 3.63) is 29.6 Å². The molecule has 1 fully saturated rings. The van der Waals surface area contributed by atoms with Gasteiger partial charge in [-0.3, -0.25) is 4.98 Å². The number of hydrogen-bond acceptors (Lipinski definition) is 5. The van der Waals surface area contributed by atoms with Gasteiger partial charge < -0.3 is 15.2 Å². The Labute approximate surface area is 99.9 Å². The number of ether oxygens (including phenoxy) is 2. The van der Waals surface area contributed by atoms with Gasteiger partial charge in [0.25, 0.3) is 0 Å². The van der Waals surface area contributed by atoms with E-state index in [1.165, 1.54) is 0 Å². The average Bonchev–Trinajstić information content (AvgIpc) is 2.40. The third-order valence-corrected chi connectivity index (χ3v) is 2.70. The van der Waals surface area contributed by atoms with E-state index in [1.54, 1.807) is 18.3 Å². The lowest BCUT2D eigenvalue weighted by Gasteiger charge is -2.22. The van der Waals surface area contributed by atoms with Crippen molar-refractivity contribution < 1.29 is 14.3 Å². The number of esters is 1. The summed E-state index contributed by atoms with van der Waals surface area (Å²) in [5.74, 6) is -0.311. The van der Waals surface area contributed by atoms with Gasteiger partial charge in [-0.15, -0.1) is 0 Å². The summed E-state index contributed by atoms with van der Waals surface area (Å²) in [6.45, 7) is 1.63. The van der Waals surface area contributed by atoms with Crippen LogP contribution in [-0.2, 0) is 16.0 Å². The number of carbonyl (C=O) groups is 1. The molecular formula is C12H16N2O3. The monoisotopic (exact) mass is 236 g/mol. The molecule has 0 saturated carbocycles. The maximum Gasteiger partial charge on any atom is 0.338 e. The zero-order chi connectivity index (χ0) is 12.1. The molecule has 0 aromatic carbocycles. The van der Waals surface area contributed by atoms with Crippen LogP contribution in [0.5, 0.6) is 0 Å². The topological polar surface area (TPSA) is 74.4 Å². The Bertz CT molecular complexity index is 389. The smallest absolute Gasteiger partial charge is 0.338 e. The molecule has 0 unspecified atom stereocenters. The summed E-state index contributed by atoms with van der Waals surface area (Å²) in [5, 5.41) is 0. The normalized spacial score (nSPS) is 16.8. The Morgan fingerprint density at radius 3 is 3.00 bits per heavy atom. The van der Waals surface area contributed by atoms with Crippen molar-refractivity contribution in [3.8, 4) is 0 Å². The van der Waals surface area contributed by atoms with Gasteiger partial charge in [0, 0.05) is 25.6 Å². The van der Waals surface area contributed by atoms with Gasteiger partial charge >= 0.3 is 5.97 Å². The highest BCUT2D eigenvalue weighted by Gasteiger charge is 2.19. The number of carbonyl (C=O) groups excluding carboxylic acids is 1. The predicted octanol–water partition coefficient (Wildman–Crippen LogP) is 0.876. The molecule has 1 saturated heterocycles. The van der Waals surface area contributed by atoms with Crippen LogP contribution in [0.4, 0.5) is 0 Å². The van der Waals surface area contributed by atoms with Crippen LogP contribution in [0.15, 0.2) is 18.3 Å². The van der Waals surface area contributed by atoms with Gasteiger partial charge in [0.15, 0.2) is 0 Å². The Hall–Kier alpha value is -1.46. The fourth-order valence-electron chi connectivity index (χ4n) is 1.73. The molecule has 1 aromatic rings. The van der Waals surface area contributed by atoms with E-state index in [0.717, 1.165) is 12.8 Å². The van der Waals surface area contributed by atoms with Crippen molar-refractivity contribution >= 4 is 5.97 Å². The summed E-state index contributed by atoms with van der Waals surface area (Å²) >= 11 is 0. The molecule has 1 aliphatic rings. The number of hydrogen-bond donors (Lipinski definition) is 1. The SMILES string of the molecule is NCc1cc(C(=O)OC2CCOCC2)ccn1. The van der Waals surface area contributed by atoms with Crippen molar-refractivity contribution in [2.75, 3.05) is 13.2 Å². The lowest BCUT2D eigenvalue weighted by molar-refractivity contribution is -0.0159. The van der Waals surface area contributed by atoms with Crippen LogP contribution in [-0.4, -0.2) is 30.3 Å². The molecule has 0 amide bonds. The standard InChI is InChI=1S/C12H16N2O3/c13-8-10-7-9(1-4-14-10)12(15)17-11-2-5-16-6-3-11/h1,4,7,11H,2-3,5-6,8,13H2. The van der Waals surface area contributed by atoms with Gasteiger partial charge in [0.1, 0.15) is 6.10 Å². The summed E-state index contributed by atoms with van der Waals surface area (Å²) in [4.78, 5) is 15.9. The zero-order valence-corrected chi connectivity index (χ0v) is 9.59. The molecule has 0 spiro atoms. The second-order valence-corrected chi connectivity index (χ2v) is 3.96. The van der Waals surface area contributed by atoms with Crippen molar-refractivity contribution in [2.45, 2.75) is 25.5 Å². The molecule has 2 heterocycles. The molecular weight excluding hydrogens is 220 g/mol. The highest BCUT2D eigenvalue weighted by atomic mass is 16.6. The lowest BCUT2D eigenvalue weighted by Crippen LogP contribution is -2.26. The van der Waals surface area contributed by atoms with Crippen LogP contribution in [0, 0.1) is 0 Å². The third-order valence-electron chi connectivity index (χ3n) is 2.70. The highest BCUT2D eigenvalue weighted by Crippen LogP contribution is 2.13. The van der Waals surface area contributed by atoms with Crippen LogP contribution in [0.3, 0.4) is 0 Å². The van der Waals surface area contributed by atoms with E-state index in [4.69, 9.17) is 15.2 Å². The second kappa shape index (κ2) is 5.75. The molecule has 0 radical (unpaired) electrons. The fourth-order valence-corrected chi connectivity index (χ4v) is 1.73. The van der Waals surface area contributed by atoms with Crippen LogP contribution < -0.4 is 5.73 Å². The van der Waals surface area contributed by atoms with Crippen molar-refractivity contribution in [1.29, 1.82) is 0 Å². The molecule has 0 atom stereocenters. The number of pyridine rings is 1. The Morgan fingerprint density at radius 2 is 2.29 bits per heavy atom. The highest BCUT2D eigenvalue weighted by molar-refractivity contribution is 5.89. The molecule has 2 N–H and O–H groups in total. The average molecular weight is 236 g/mol. The van der Waals surface area contributed by atoms with E-state index in [0.29, 0.717) is 31.0 Å². The molecule has 17 heavy (non-hydrogen) atoms. The predicted molar refractivity (Wildman–Crippen MR) is 61.4 cm³/mol. The van der Waals surface area contributed by atoms with Gasteiger partial charge in [0.05, 0.1) is 24.5 Å². The van der Waals surface area contributed by atoms with Crippen LogP contribution in [0.2, 0.25) is 0 Å². The first-order chi connectivity index (χ1) is 8.29. The van der Waals surface area contributed by atoms with Crippen molar-refractivity contribution in [1.82, 2.24) is 4.98 Å². The lowest BCUT2D eigenvalue weighted by atomic mass is 10.1. The van der Waals surface area contributed by atoms with E-state index < -0.39 is 0 Å². The largest absolute Gasteiger partial charge is 0.459 e. The Kier molecular flexibility index (Phi) is 4.06. The van der Waals surface area contributed by atoms with E-state index in [1.807, 2.05) is 0 Å². The minimum atomic E-state index is -0.311. The van der Waals surface area contributed by atoms with Gasteiger partial charge in [-0.2, -0.15) is 0 Å². The van der Waals surface area contributed by atoms with Crippen LogP contribution in [0.25, 0.3) is 0 Å². The molecule has 5 heteroatoms. The summed E-state index contributed by atoms with van der Waals surface area (Å²) in [5.41, 5.74) is 6.66. The third kappa shape index (κ3) is 3.25. The molecule has 2 rings (SSSR count). The van der Waals surface area contributed by atoms with Gasteiger partial charge in [0.2, 0.25) is 0 Å². The van der Waals surface area contributed by atoms with E-state index >= 15 is 0 Å². The first kappa shape index (κ1) is 12.0. The summed E-state index contributed by atoms with van der Waals surface area (Å²) < 4.78 is 10.6. The molecule has 1 aliphatic heterocycles. The maximum atomic E-state index is 11.8. The second-order valence-electron chi connectivity index (χ2n) is 3.96. The van der Waals surface area contributed by atoms with Crippen molar-refractivity contribution in [2.24, 2.45) is 5.73 Å². The molecule has 1 aromatic heterocycles. The summed E-state index contributed by atoms with van der Waals surface area (Å²) in [6.07, 6.45) is 3.06. The summed E-state index contributed by atoms with van der Waals surface area (Å²) in [6, 6.07) is 3.31. The van der Waals surface area contributed by atoms with E-state index in [2.05, 4.69) is 4.98 Å². The van der Waals surface area contributed by atoms with Gasteiger partial charge in [-0.25, -0.2) is 4.79 Å². The maximum absolute atomic E-state index is 11.8. The van der Waals surface area contributed by atoms with E-state index in [-0.39, 0.29) is 12.1 Å². The minimum absolute atomic E-state index is 0.0364. The number of rotatable bonds is 3. The molecule has 5 nitrogen and oxygen atoms in total. The minimum Gasteiger partial charge on any atom is -0.459 e. The number of nitrogens with zero attached hydrogens (tertiary/aromatic N) is 1. The summed E-state index contributed by atoms with van der Waals surface area (Å²) in [7, 11) is 0. The number of aromatic nitrogens is 1. The molecule has 0 bridgehead atoms. The fraction of sp³-hybridized carbons (Fsp3) is 0.500. The van der Waals surface area contributed by atoms with Crippen LogP contribution >= 0.6 is 0 Å². The van der Waals surface area contributed by atoms with Gasteiger partial charge in [-0.05, 0) is 12.1 Å². The molecule has 0 aliphatic carbocycles. The van der Waals surface area contributed by atoms with E-state index in [9.17, 15) is 4.79 Å². The Morgan fingerprint density at radius 1 is 1.53 bits per heavy atom. The number of nitrogens with two attached hydrogens (primary N) is 1.